The van der Waals surface area contributed by atoms with E-state index in [1.54, 1.807) is 41.3 Å². The van der Waals surface area contributed by atoms with Crippen LogP contribution in [0.15, 0.2) is 54.1 Å². The number of halogens is 1. The number of amides is 1. The van der Waals surface area contributed by atoms with Crippen molar-refractivity contribution >= 4 is 17.4 Å². The molecule has 4 rings (SSSR count). The average Bonchev–Trinajstić information content (AvgIpc) is 3.40. The number of carbonyl (C=O) groups excluding carboxylic acids is 2. The molecule has 2 fully saturated rings. The van der Waals surface area contributed by atoms with Crippen LogP contribution in [0.3, 0.4) is 0 Å². The van der Waals surface area contributed by atoms with E-state index in [9.17, 15) is 19.1 Å². The Morgan fingerprint density at radius 1 is 1.06 bits per heavy atom. The standard InChI is InChI=1S/C26H28FNO4/c1-16(2)15-32-21-13-9-18(10-14-21)24(29)22-23(17-7-11-19(27)12-8-17)28(26(31)25(22)30)20-5-3-4-6-20/h7-14,16,20,23,29H,3-6,15H2,1-2H3/b24-22-. The van der Waals surface area contributed by atoms with Gasteiger partial charge in [0.25, 0.3) is 11.7 Å². The Hall–Kier alpha value is -3.15. The zero-order valence-electron chi connectivity index (χ0n) is 18.4. The molecular formula is C26H28FNO4. The summed E-state index contributed by atoms with van der Waals surface area (Å²) in [6, 6.07) is 11.8. The number of nitrogens with zero attached hydrogens (tertiary/aromatic N) is 1. The molecule has 1 unspecified atom stereocenters. The molecule has 2 aliphatic rings. The maximum Gasteiger partial charge on any atom is 0.295 e. The van der Waals surface area contributed by atoms with Gasteiger partial charge in [0.1, 0.15) is 17.3 Å². The maximum absolute atomic E-state index is 13.6. The lowest BCUT2D eigenvalue weighted by Crippen LogP contribution is -2.37. The Bertz CT molecular complexity index is 1020. The number of benzene rings is 2. The van der Waals surface area contributed by atoms with Crippen molar-refractivity contribution in [3.8, 4) is 5.75 Å². The SMILES string of the molecule is CC(C)COc1ccc(/C(O)=C2/C(=O)C(=O)N(C3CCCC3)C2c2ccc(F)cc2)cc1. The van der Waals surface area contributed by atoms with Gasteiger partial charge < -0.3 is 14.7 Å². The Kier molecular flexibility index (Phi) is 6.31. The summed E-state index contributed by atoms with van der Waals surface area (Å²) in [5.74, 6) is -0.896. The number of ether oxygens (including phenoxy) is 1. The first-order valence-corrected chi connectivity index (χ1v) is 11.2. The van der Waals surface area contributed by atoms with Gasteiger partial charge in [-0.2, -0.15) is 0 Å². The molecule has 1 N–H and O–H groups in total. The third-order valence-corrected chi connectivity index (χ3v) is 6.10. The predicted molar refractivity (Wildman–Crippen MR) is 120 cm³/mol. The number of carbonyl (C=O) groups is 2. The molecule has 168 valence electrons. The first-order valence-electron chi connectivity index (χ1n) is 11.2. The van der Waals surface area contributed by atoms with Crippen LogP contribution >= 0.6 is 0 Å². The third-order valence-electron chi connectivity index (χ3n) is 6.10. The minimum absolute atomic E-state index is 0.0457. The number of Topliss-reactive ketones (excluding diaryl/α,β-unsaturated/α-hetero) is 1. The molecule has 32 heavy (non-hydrogen) atoms. The number of aliphatic hydroxyl groups excluding tert-OH is 1. The fraction of sp³-hybridized carbons (Fsp3) is 0.385. The summed E-state index contributed by atoms with van der Waals surface area (Å²) >= 11 is 0. The number of aliphatic hydroxyl groups is 1. The molecule has 1 saturated heterocycles. The lowest BCUT2D eigenvalue weighted by molar-refractivity contribution is -0.141. The zero-order valence-corrected chi connectivity index (χ0v) is 18.4. The lowest BCUT2D eigenvalue weighted by atomic mass is 9.94. The van der Waals surface area contributed by atoms with Crippen molar-refractivity contribution in [1.82, 2.24) is 4.90 Å². The van der Waals surface area contributed by atoms with Crippen molar-refractivity contribution in [3.05, 3.63) is 71.0 Å². The Balaban J connectivity index is 1.75. The van der Waals surface area contributed by atoms with E-state index in [0.29, 0.717) is 29.4 Å². The fourth-order valence-electron chi connectivity index (χ4n) is 4.51. The van der Waals surface area contributed by atoms with E-state index >= 15 is 0 Å². The molecule has 2 aromatic rings. The maximum atomic E-state index is 13.6. The van der Waals surface area contributed by atoms with Crippen LogP contribution in [0.4, 0.5) is 4.39 Å². The molecule has 1 aliphatic heterocycles. The minimum Gasteiger partial charge on any atom is -0.507 e. The molecule has 5 nitrogen and oxygen atoms in total. The van der Waals surface area contributed by atoms with E-state index in [1.807, 2.05) is 0 Å². The topological polar surface area (TPSA) is 66.8 Å². The molecule has 1 amide bonds. The number of ketones is 1. The molecule has 0 radical (unpaired) electrons. The highest BCUT2D eigenvalue weighted by atomic mass is 19.1. The van der Waals surface area contributed by atoms with Gasteiger partial charge in [-0.3, -0.25) is 9.59 Å². The summed E-state index contributed by atoms with van der Waals surface area (Å²) in [6.45, 7) is 4.68. The molecular weight excluding hydrogens is 409 g/mol. The molecule has 2 aromatic carbocycles. The van der Waals surface area contributed by atoms with E-state index in [4.69, 9.17) is 4.74 Å². The summed E-state index contributed by atoms with van der Waals surface area (Å²) in [5, 5.41) is 11.1. The molecule has 1 heterocycles. The van der Waals surface area contributed by atoms with Crippen LogP contribution in [-0.4, -0.2) is 34.3 Å². The molecule has 0 spiro atoms. The molecule has 1 aliphatic carbocycles. The van der Waals surface area contributed by atoms with Crippen molar-refractivity contribution in [3.63, 3.8) is 0 Å². The third kappa shape index (κ3) is 4.27. The largest absolute Gasteiger partial charge is 0.507 e. The lowest BCUT2D eigenvalue weighted by Gasteiger charge is -2.30. The van der Waals surface area contributed by atoms with Crippen LogP contribution in [0.25, 0.3) is 5.76 Å². The molecule has 1 saturated carbocycles. The van der Waals surface area contributed by atoms with Crippen LogP contribution < -0.4 is 4.74 Å². The van der Waals surface area contributed by atoms with Gasteiger partial charge in [-0.25, -0.2) is 4.39 Å². The van der Waals surface area contributed by atoms with Crippen LogP contribution in [0.5, 0.6) is 5.75 Å². The highest BCUT2D eigenvalue weighted by Crippen LogP contribution is 2.43. The normalized spacial score (nSPS) is 21.0. The average molecular weight is 438 g/mol. The van der Waals surface area contributed by atoms with Crippen LogP contribution in [0.2, 0.25) is 0 Å². The fourth-order valence-corrected chi connectivity index (χ4v) is 4.51. The zero-order chi connectivity index (χ0) is 22.8. The second-order valence-corrected chi connectivity index (χ2v) is 8.93. The second-order valence-electron chi connectivity index (χ2n) is 8.93. The van der Waals surface area contributed by atoms with Gasteiger partial charge in [0.15, 0.2) is 0 Å². The Morgan fingerprint density at radius 3 is 2.28 bits per heavy atom. The van der Waals surface area contributed by atoms with Crippen molar-refractivity contribution in [2.24, 2.45) is 5.92 Å². The van der Waals surface area contributed by atoms with E-state index < -0.39 is 23.5 Å². The summed E-state index contributed by atoms with van der Waals surface area (Å²) in [5.41, 5.74) is 1.08. The van der Waals surface area contributed by atoms with Gasteiger partial charge >= 0.3 is 0 Å². The molecule has 6 heteroatoms. The quantitative estimate of drug-likeness (QED) is 0.382. The van der Waals surface area contributed by atoms with Gasteiger partial charge in [-0.1, -0.05) is 38.8 Å². The summed E-state index contributed by atoms with van der Waals surface area (Å²) in [7, 11) is 0. The number of hydrogen-bond acceptors (Lipinski definition) is 4. The summed E-state index contributed by atoms with van der Waals surface area (Å²) in [4.78, 5) is 27.7. The number of hydrogen-bond donors (Lipinski definition) is 1. The highest BCUT2D eigenvalue weighted by molar-refractivity contribution is 6.46. The van der Waals surface area contributed by atoms with Crippen molar-refractivity contribution in [2.45, 2.75) is 51.6 Å². The number of rotatable bonds is 6. The van der Waals surface area contributed by atoms with Crippen molar-refractivity contribution in [1.29, 1.82) is 0 Å². The number of likely N-dealkylation sites (tertiary alicyclic amines) is 1. The minimum atomic E-state index is -0.740. The molecule has 1 atom stereocenters. The van der Waals surface area contributed by atoms with E-state index in [0.717, 1.165) is 25.7 Å². The van der Waals surface area contributed by atoms with Crippen LogP contribution in [-0.2, 0) is 9.59 Å². The van der Waals surface area contributed by atoms with Gasteiger partial charge in [-0.05, 0) is 60.7 Å². The van der Waals surface area contributed by atoms with Gasteiger partial charge in [0.05, 0.1) is 18.2 Å². The first kappa shape index (κ1) is 22.1. The smallest absolute Gasteiger partial charge is 0.295 e. The summed E-state index contributed by atoms with van der Waals surface area (Å²) in [6.07, 6.45) is 3.60. The summed E-state index contributed by atoms with van der Waals surface area (Å²) < 4.78 is 19.3. The van der Waals surface area contributed by atoms with Gasteiger partial charge in [-0.15, -0.1) is 0 Å². The van der Waals surface area contributed by atoms with Crippen LogP contribution in [0, 0.1) is 11.7 Å². The first-order chi connectivity index (χ1) is 15.4. The van der Waals surface area contributed by atoms with E-state index in [-0.39, 0.29) is 17.4 Å². The van der Waals surface area contributed by atoms with E-state index in [1.165, 1.54) is 12.1 Å². The van der Waals surface area contributed by atoms with Crippen LogP contribution in [0.1, 0.15) is 56.7 Å². The Labute approximate surface area is 187 Å². The van der Waals surface area contributed by atoms with Crippen molar-refractivity contribution < 1.29 is 23.8 Å². The monoisotopic (exact) mass is 437 g/mol. The second kappa shape index (κ2) is 9.15. The van der Waals surface area contributed by atoms with Gasteiger partial charge in [0, 0.05) is 11.6 Å². The predicted octanol–water partition coefficient (Wildman–Crippen LogP) is 5.22. The van der Waals surface area contributed by atoms with Crippen molar-refractivity contribution in [2.75, 3.05) is 6.61 Å². The molecule has 0 bridgehead atoms. The molecule has 0 aromatic heterocycles. The Morgan fingerprint density at radius 2 is 1.69 bits per heavy atom. The van der Waals surface area contributed by atoms with E-state index in [2.05, 4.69) is 13.8 Å². The highest BCUT2D eigenvalue weighted by Gasteiger charge is 2.49. The van der Waals surface area contributed by atoms with Gasteiger partial charge in [0.2, 0.25) is 0 Å².